The highest BCUT2D eigenvalue weighted by Crippen LogP contribution is 2.18. The molecule has 2 N–H and O–H groups in total. The molecule has 0 atom stereocenters. The maximum Gasteiger partial charge on any atom is 0.291 e. The molecule has 0 aliphatic heterocycles. The molecule has 0 radical (unpaired) electrons. The Morgan fingerprint density at radius 1 is 1.03 bits per heavy atom. The van der Waals surface area contributed by atoms with Gasteiger partial charge in [0.25, 0.3) is 11.8 Å². The van der Waals surface area contributed by atoms with Gasteiger partial charge in [-0.1, -0.05) is 24.3 Å². The van der Waals surface area contributed by atoms with Crippen LogP contribution in [0.15, 0.2) is 83.7 Å². The van der Waals surface area contributed by atoms with Gasteiger partial charge in [0, 0.05) is 24.0 Å². The number of rotatable bonds is 7. The van der Waals surface area contributed by atoms with Crippen molar-refractivity contribution in [3.05, 3.63) is 102 Å². The zero-order valence-electron chi connectivity index (χ0n) is 17.0. The number of para-hydroxylation sites is 1. The molecule has 0 aliphatic carbocycles. The minimum atomic E-state index is -0.360. The molecule has 0 fully saturated rings. The van der Waals surface area contributed by atoms with Crippen molar-refractivity contribution in [3.8, 4) is 5.69 Å². The highest BCUT2D eigenvalue weighted by Gasteiger charge is 2.13. The predicted octanol–water partition coefficient (Wildman–Crippen LogP) is 4.00. The van der Waals surface area contributed by atoms with Crippen LogP contribution in [0.1, 0.15) is 32.0 Å². The maximum atomic E-state index is 12.6. The Labute approximate surface area is 179 Å². The molecule has 0 aliphatic rings. The van der Waals surface area contributed by atoms with E-state index in [1.807, 2.05) is 48.1 Å². The van der Waals surface area contributed by atoms with E-state index in [1.165, 1.54) is 6.26 Å². The van der Waals surface area contributed by atoms with E-state index in [0.29, 0.717) is 24.2 Å². The molecular formula is C24H22N4O3. The Hall–Kier alpha value is -4.13. The summed E-state index contributed by atoms with van der Waals surface area (Å²) in [6.07, 6.45) is 5.85. The first-order chi connectivity index (χ1) is 15.1. The van der Waals surface area contributed by atoms with Gasteiger partial charge in [-0.05, 0) is 60.9 Å². The molecule has 7 heteroatoms. The number of anilines is 1. The summed E-state index contributed by atoms with van der Waals surface area (Å²) in [5.41, 5.74) is 3.91. The lowest BCUT2D eigenvalue weighted by Gasteiger charge is -2.10. The number of hydrogen-bond donors (Lipinski definition) is 2. The van der Waals surface area contributed by atoms with E-state index in [-0.39, 0.29) is 17.6 Å². The van der Waals surface area contributed by atoms with Crippen LogP contribution >= 0.6 is 0 Å². The zero-order chi connectivity index (χ0) is 21.6. The van der Waals surface area contributed by atoms with Gasteiger partial charge in [-0.2, -0.15) is 5.10 Å². The van der Waals surface area contributed by atoms with Crippen LogP contribution in [0.25, 0.3) is 5.69 Å². The van der Waals surface area contributed by atoms with Gasteiger partial charge >= 0.3 is 0 Å². The molecular weight excluding hydrogens is 392 g/mol. The summed E-state index contributed by atoms with van der Waals surface area (Å²) in [4.78, 5) is 24.8. The lowest BCUT2D eigenvalue weighted by Crippen LogP contribution is -2.25. The van der Waals surface area contributed by atoms with E-state index in [4.69, 9.17) is 4.42 Å². The maximum absolute atomic E-state index is 12.6. The lowest BCUT2D eigenvalue weighted by molar-refractivity contribution is 0.0952. The monoisotopic (exact) mass is 414 g/mol. The Kier molecular flexibility index (Phi) is 5.93. The van der Waals surface area contributed by atoms with Crippen molar-refractivity contribution in [1.29, 1.82) is 0 Å². The van der Waals surface area contributed by atoms with Gasteiger partial charge in [0.15, 0.2) is 5.76 Å². The SMILES string of the molecule is Cc1ccc(C(=O)NCCc2cnn(-c3ccccc3)c2)cc1NC(=O)c1ccco1. The molecule has 0 unspecified atom stereocenters. The van der Waals surface area contributed by atoms with Crippen molar-refractivity contribution in [1.82, 2.24) is 15.1 Å². The van der Waals surface area contributed by atoms with E-state index in [1.54, 1.807) is 36.5 Å². The summed E-state index contributed by atoms with van der Waals surface area (Å²) >= 11 is 0. The molecule has 2 amide bonds. The Balaban J connectivity index is 1.35. The highest BCUT2D eigenvalue weighted by atomic mass is 16.3. The van der Waals surface area contributed by atoms with Crippen LogP contribution in [0.2, 0.25) is 0 Å². The van der Waals surface area contributed by atoms with Crippen LogP contribution in [-0.4, -0.2) is 28.1 Å². The van der Waals surface area contributed by atoms with Crippen LogP contribution < -0.4 is 10.6 Å². The second-order valence-corrected chi connectivity index (χ2v) is 7.10. The third kappa shape index (κ3) is 4.90. The molecule has 7 nitrogen and oxygen atoms in total. The van der Waals surface area contributed by atoms with Gasteiger partial charge in [0.2, 0.25) is 0 Å². The number of amides is 2. The number of nitrogens with one attached hydrogen (secondary N) is 2. The number of nitrogens with zero attached hydrogens (tertiary/aromatic N) is 2. The van der Waals surface area contributed by atoms with Crippen molar-refractivity contribution in [2.24, 2.45) is 0 Å². The van der Waals surface area contributed by atoms with Crippen LogP contribution in [0, 0.1) is 6.92 Å². The Morgan fingerprint density at radius 2 is 1.87 bits per heavy atom. The first-order valence-corrected chi connectivity index (χ1v) is 9.93. The van der Waals surface area contributed by atoms with Gasteiger partial charge in [-0.3, -0.25) is 9.59 Å². The fourth-order valence-corrected chi connectivity index (χ4v) is 3.12. The standard InChI is InChI=1S/C24H22N4O3/c1-17-9-10-19(14-21(17)27-24(30)22-8-5-13-31-22)23(29)25-12-11-18-15-26-28(16-18)20-6-3-2-4-7-20/h2-10,13-16H,11-12H2,1H3,(H,25,29)(H,27,30). The van der Waals surface area contributed by atoms with Gasteiger partial charge in [0.05, 0.1) is 18.1 Å². The minimum absolute atomic E-state index is 0.205. The summed E-state index contributed by atoms with van der Waals surface area (Å²) < 4.78 is 6.92. The molecule has 31 heavy (non-hydrogen) atoms. The lowest BCUT2D eigenvalue weighted by atomic mass is 10.1. The third-order valence-corrected chi connectivity index (χ3v) is 4.85. The van der Waals surface area contributed by atoms with Gasteiger partial charge < -0.3 is 15.1 Å². The number of carbonyl (C=O) groups is 2. The molecule has 0 bridgehead atoms. The van der Waals surface area contributed by atoms with Crippen molar-refractivity contribution in [3.63, 3.8) is 0 Å². The molecule has 4 rings (SSSR count). The summed E-state index contributed by atoms with van der Waals surface area (Å²) in [6, 6.07) is 18.3. The minimum Gasteiger partial charge on any atom is -0.459 e. The Bertz CT molecular complexity index is 1180. The molecule has 0 saturated heterocycles. The largest absolute Gasteiger partial charge is 0.459 e. The van der Waals surface area contributed by atoms with E-state index in [0.717, 1.165) is 16.8 Å². The molecule has 2 aromatic heterocycles. The summed E-state index contributed by atoms with van der Waals surface area (Å²) in [7, 11) is 0. The normalized spacial score (nSPS) is 10.6. The smallest absolute Gasteiger partial charge is 0.291 e. The number of furan rings is 1. The number of hydrogen-bond acceptors (Lipinski definition) is 4. The number of aryl methyl sites for hydroxylation is 1. The molecule has 2 aromatic carbocycles. The second kappa shape index (κ2) is 9.13. The topological polar surface area (TPSA) is 89.2 Å². The molecule has 0 saturated carbocycles. The average Bonchev–Trinajstić information content (AvgIpc) is 3.48. The quantitative estimate of drug-likeness (QED) is 0.478. The van der Waals surface area contributed by atoms with Crippen molar-refractivity contribution in [2.75, 3.05) is 11.9 Å². The summed E-state index contributed by atoms with van der Waals surface area (Å²) in [6.45, 7) is 2.34. The zero-order valence-corrected chi connectivity index (χ0v) is 17.0. The van der Waals surface area contributed by atoms with Crippen molar-refractivity contribution < 1.29 is 14.0 Å². The van der Waals surface area contributed by atoms with Gasteiger partial charge in [-0.15, -0.1) is 0 Å². The number of benzene rings is 2. The molecule has 4 aromatic rings. The highest BCUT2D eigenvalue weighted by molar-refractivity contribution is 6.03. The first kappa shape index (κ1) is 20.2. The average molecular weight is 414 g/mol. The van der Waals surface area contributed by atoms with Crippen LogP contribution in [0.3, 0.4) is 0 Å². The van der Waals surface area contributed by atoms with E-state index in [9.17, 15) is 9.59 Å². The van der Waals surface area contributed by atoms with Crippen LogP contribution in [-0.2, 0) is 6.42 Å². The van der Waals surface area contributed by atoms with Crippen molar-refractivity contribution >= 4 is 17.5 Å². The number of aromatic nitrogens is 2. The summed E-state index contributed by atoms with van der Waals surface area (Å²) in [5, 5.41) is 10.1. The van der Waals surface area contributed by atoms with Crippen molar-refractivity contribution in [2.45, 2.75) is 13.3 Å². The van der Waals surface area contributed by atoms with Gasteiger partial charge in [0.1, 0.15) is 0 Å². The van der Waals surface area contributed by atoms with Crippen LogP contribution in [0.4, 0.5) is 5.69 Å². The van der Waals surface area contributed by atoms with E-state index >= 15 is 0 Å². The van der Waals surface area contributed by atoms with Gasteiger partial charge in [-0.25, -0.2) is 4.68 Å². The molecule has 2 heterocycles. The fourth-order valence-electron chi connectivity index (χ4n) is 3.12. The third-order valence-electron chi connectivity index (χ3n) is 4.85. The fraction of sp³-hybridized carbons (Fsp3) is 0.125. The second-order valence-electron chi connectivity index (χ2n) is 7.10. The summed E-state index contributed by atoms with van der Waals surface area (Å²) in [5.74, 6) is -0.352. The number of carbonyl (C=O) groups excluding carboxylic acids is 2. The molecule has 0 spiro atoms. The van der Waals surface area contributed by atoms with E-state index < -0.39 is 0 Å². The molecule has 156 valence electrons. The van der Waals surface area contributed by atoms with Crippen LogP contribution in [0.5, 0.6) is 0 Å². The first-order valence-electron chi connectivity index (χ1n) is 9.93. The Morgan fingerprint density at radius 3 is 2.65 bits per heavy atom. The van der Waals surface area contributed by atoms with E-state index in [2.05, 4.69) is 15.7 Å². The predicted molar refractivity (Wildman–Crippen MR) is 117 cm³/mol.